The van der Waals surface area contributed by atoms with Gasteiger partial charge in [-0.3, -0.25) is 4.79 Å². The van der Waals surface area contributed by atoms with E-state index in [2.05, 4.69) is 15.6 Å². The van der Waals surface area contributed by atoms with E-state index in [0.29, 0.717) is 35.9 Å². The molecule has 2 N–H and O–H groups in total. The third-order valence-electron chi connectivity index (χ3n) is 4.25. The van der Waals surface area contributed by atoms with Gasteiger partial charge in [0.25, 0.3) is 5.91 Å². The highest BCUT2D eigenvalue weighted by Gasteiger charge is 2.06. The molecule has 0 atom stereocenters. The number of carbonyl (C=O) groups is 1. The molecule has 28 heavy (non-hydrogen) atoms. The lowest BCUT2D eigenvalue weighted by molar-refractivity contribution is 0.0954. The van der Waals surface area contributed by atoms with Gasteiger partial charge in [-0.25, -0.2) is 9.37 Å². The molecule has 0 saturated heterocycles. The summed E-state index contributed by atoms with van der Waals surface area (Å²) in [5, 5.41) is 6.77. The van der Waals surface area contributed by atoms with Gasteiger partial charge in [-0.1, -0.05) is 35.9 Å². The summed E-state index contributed by atoms with van der Waals surface area (Å²) in [6, 6.07) is 17.5. The van der Waals surface area contributed by atoms with Crippen molar-refractivity contribution < 1.29 is 9.18 Å². The second-order valence-electron chi connectivity index (χ2n) is 6.37. The maximum Gasteiger partial charge on any atom is 0.252 e. The van der Waals surface area contributed by atoms with Crippen molar-refractivity contribution in [1.29, 1.82) is 0 Å². The highest BCUT2D eigenvalue weighted by Crippen LogP contribution is 2.11. The van der Waals surface area contributed by atoms with Crippen LogP contribution in [0.25, 0.3) is 0 Å². The molecule has 0 unspecified atom stereocenters. The number of carbonyl (C=O) groups excluding carboxylic acids is 1. The van der Waals surface area contributed by atoms with Gasteiger partial charge in [-0.15, -0.1) is 0 Å². The fourth-order valence-corrected chi connectivity index (χ4v) is 2.95. The lowest BCUT2D eigenvalue weighted by Gasteiger charge is -2.08. The Hall–Kier alpha value is -2.92. The van der Waals surface area contributed by atoms with Crippen molar-refractivity contribution in [1.82, 2.24) is 10.3 Å². The summed E-state index contributed by atoms with van der Waals surface area (Å²) in [7, 11) is 0. The molecule has 2 aromatic carbocycles. The Morgan fingerprint density at radius 2 is 1.75 bits per heavy atom. The first-order valence-corrected chi connectivity index (χ1v) is 9.45. The Bertz CT molecular complexity index is 914. The van der Waals surface area contributed by atoms with E-state index in [-0.39, 0.29) is 11.7 Å². The van der Waals surface area contributed by atoms with Gasteiger partial charge in [0, 0.05) is 24.3 Å². The summed E-state index contributed by atoms with van der Waals surface area (Å²) in [6.45, 7) is 1.20. The summed E-state index contributed by atoms with van der Waals surface area (Å²) in [6.07, 6.45) is 3.02. The van der Waals surface area contributed by atoms with E-state index in [1.54, 1.807) is 30.5 Å². The van der Waals surface area contributed by atoms with Gasteiger partial charge in [0.2, 0.25) is 0 Å². The van der Waals surface area contributed by atoms with Crippen molar-refractivity contribution in [2.75, 3.05) is 18.4 Å². The van der Waals surface area contributed by atoms with Crippen molar-refractivity contribution in [2.45, 2.75) is 12.8 Å². The SMILES string of the molecule is O=C(NCCc1cccc(Cl)c1)c1ccc(NCCc2ccc(F)cc2)nc1. The van der Waals surface area contributed by atoms with Gasteiger partial charge in [0.15, 0.2) is 0 Å². The van der Waals surface area contributed by atoms with Crippen LogP contribution in [0.3, 0.4) is 0 Å². The van der Waals surface area contributed by atoms with E-state index in [1.165, 1.54) is 12.1 Å². The third kappa shape index (κ3) is 6.06. The molecule has 0 aliphatic carbocycles. The number of benzene rings is 2. The topological polar surface area (TPSA) is 54.0 Å². The van der Waals surface area contributed by atoms with Crippen molar-refractivity contribution in [3.05, 3.63) is 94.4 Å². The normalized spacial score (nSPS) is 10.5. The third-order valence-corrected chi connectivity index (χ3v) is 4.48. The summed E-state index contributed by atoms with van der Waals surface area (Å²) >= 11 is 5.96. The smallest absolute Gasteiger partial charge is 0.252 e. The van der Waals surface area contributed by atoms with Gasteiger partial charge in [0.1, 0.15) is 11.6 Å². The average Bonchev–Trinajstić information content (AvgIpc) is 2.70. The van der Waals surface area contributed by atoms with E-state index >= 15 is 0 Å². The highest BCUT2D eigenvalue weighted by molar-refractivity contribution is 6.30. The zero-order valence-corrected chi connectivity index (χ0v) is 16.0. The molecule has 0 saturated carbocycles. The zero-order chi connectivity index (χ0) is 19.8. The van der Waals surface area contributed by atoms with E-state index in [1.807, 2.05) is 24.3 Å². The summed E-state index contributed by atoms with van der Waals surface area (Å²) in [5.74, 6) is 0.296. The standard InChI is InChI=1S/C22H21ClFN3O/c23-19-3-1-2-17(14-19)11-13-26-22(28)18-6-9-21(27-15-18)25-12-10-16-4-7-20(24)8-5-16/h1-9,14-15H,10-13H2,(H,25,27)(H,26,28). The molecule has 4 nitrogen and oxygen atoms in total. The average molecular weight is 398 g/mol. The maximum absolute atomic E-state index is 12.9. The second kappa shape index (κ2) is 9.85. The molecule has 1 aromatic heterocycles. The number of anilines is 1. The minimum atomic E-state index is -0.236. The van der Waals surface area contributed by atoms with Gasteiger partial charge in [-0.2, -0.15) is 0 Å². The highest BCUT2D eigenvalue weighted by atomic mass is 35.5. The fourth-order valence-electron chi connectivity index (χ4n) is 2.73. The van der Waals surface area contributed by atoms with E-state index in [4.69, 9.17) is 11.6 Å². The molecule has 0 fully saturated rings. The molecular weight excluding hydrogens is 377 g/mol. The Kier molecular flexibility index (Phi) is 6.98. The first-order valence-electron chi connectivity index (χ1n) is 9.07. The number of rotatable bonds is 8. The molecule has 0 radical (unpaired) electrons. The molecule has 3 aromatic rings. The molecule has 0 spiro atoms. The first kappa shape index (κ1) is 19.8. The van der Waals surface area contributed by atoms with Gasteiger partial charge in [0.05, 0.1) is 5.56 Å². The zero-order valence-electron chi connectivity index (χ0n) is 15.3. The summed E-state index contributed by atoms with van der Waals surface area (Å²) < 4.78 is 12.9. The molecule has 0 aliphatic rings. The number of nitrogens with one attached hydrogen (secondary N) is 2. The molecule has 144 valence electrons. The van der Waals surface area contributed by atoms with Crippen molar-refractivity contribution >= 4 is 23.3 Å². The van der Waals surface area contributed by atoms with Crippen LogP contribution in [0.1, 0.15) is 21.5 Å². The summed E-state index contributed by atoms with van der Waals surface area (Å²) in [4.78, 5) is 16.5. The number of hydrogen-bond donors (Lipinski definition) is 2. The summed E-state index contributed by atoms with van der Waals surface area (Å²) in [5.41, 5.74) is 2.63. The van der Waals surface area contributed by atoms with Crippen LogP contribution in [0, 0.1) is 5.82 Å². The van der Waals surface area contributed by atoms with Crippen LogP contribution in [-0.4, -0.2) is 24.0 Å². The molecule has 1 amide bonds. The first-order chi connectivity index (χ1) is 13.6. The Balaban J connectivity index is 1.42. The van der Waals surface area contributed by atoms with Crippen LogP contribution < -0.4 is 10.6 Å². The lowest BCUT2D eigenvalue weighted by atomic mass is 10.1. The van der Waals surface area contributed by atoms with Crippen LogP contribution in [0.15, 0.2) is 66.9 Å². The van der Waals surface area contributed by atoms with E-state index in [0.717, 1.165) is 17.5 Å². The van der Waals surface area contributed by atoms with Crippen molar-refractivity contribution in [2.24, 2.45) is 0 Å². The fraction of sp³-hybridized carbons (Fsp3) is 0.182. The van der Waals surface area contributed by atoms with E-state index in [9.17, 15) is 9.18 Å². The van der Waals surface area contributed by atoms with Crippen LogP contribution in [0.2, 0.25) is 5.02 Å². The van der Waals surface area contributed by atoms with Gasteiger partial charge in [-0.05, 0) is 60.4 Å². The predicted octanol–water partition coefficient (Wildman–Crippen LogP) is 4.50. The van der Waals surface area contributed by atoms with Crippen LogP contribution in [0.4, 0.5) is 10.2 Å². The Labute approximate surface area is 168 Å². The molecule has 0 bridgehead atoms. The number of pyridine rings is 1. The largest absolute Gasteiger partial charge is 0.370 e. The predicted molar refractivity (Wildman–Crippen MR) is 110 cm³/mol. The molecule has 1 heterocycles. The minimum Gasteiger partial charge on any atom is -0.370 e. The van der Waals surface area contributed by atoms with Crippen LogP contribution >= 0.6 is 11.6 Å². The molecule has 0 aliphatic heterocycles. The van der Waals surface area contributed by atoms with E-state index < -0.39 is 0 Å². The Morgan fingerprint density at radius 3 is 2.46 bits per heavy atom. The van der Waals surface area contributed by atoms with Gasteiger partial charge < -0.3 is 10.6 Å². The molecular formula is C22H21ClFN3O. The molecule has 6 heteroatoms. The van der Waals surface area contributed by atoms with Gasteiger partial charge >= 0.3 is 0 Å². The van der Waals surface area contributed by atoms with Crippen molar-refractivity contribution in [3.63, 3.8) is 0 Å². The number of hydrogen-bond acceptors (Lipinski definition) is 3. The van der Waals surface area contributed by atoms with Crippen LogP contribution in [-0.2, 0) is 12.8 Å². The lowest BCUT2D eigenvalue weighted by Crippen LogP contribution is -2.25. The maximum atomic E-state index is 12.9. The minimum absolute atomic E-state index is 0.160. The molecule has 3 rings (SSSR count). The number of aromatic nitrogens is 1. The quantitative estimate of drug-likeness (QED) is 0.588. The Morgan fingerprint density at radius 1 is 0.964 bits per heavy atom. The number of halogens is 2. The van der Waals surface area contributed by atoms with Crippen LogP contribution in [0.5, 0.6) is 0 Å². The van der Waals surface area contributed by atoms with Crippen molar-refractivity contribution in [3.8, 4) is 0 Å². The number of nitrogens with zero attached hydrogens (tertiary/aromatic N) is 1. The number of amides is 1. The second-order valence-corrected chi connectivity index (χ2v) is 6.81. The monoisotopic (exact) mass is 397 g/mol.